The molecule has 0 bridgehead atoms. The van der Waals surface area contributed by atoms with Gasteiger partial charge in [0, 0.05) is 11.0 Å². The summed E-state index contributed by atoms with van der Waals surface area (Å²) in [6, 6.07) is 11.8. The second kappa shape index (κ2) is 13.0. The average molecular weight is 626 g/mol. The number of carbonyl (C=O) groups excluding carboxylic acids is 1. The van der Waals surface area contributed by atoms with E-state index >= 15 is 0 Å². The number of nitrogens with two attached hydrogens (primary N) is 1. The highest BCUT2D eigenvalue weighted by Crippen LogP contribution is 2.49. The highest BCUT2D eigenvalue weighted by atomic mass is 79.9. The number of anilines is 1. The van der Waals surface area contributed by atoms with Gasteiger partial charge in [0.2, 0.25) is 12.7 Å². The van der Waals surface area contributed by atoms with Crippen LogP contribution in [0.25, 0.3) is 11.2 Å². The van der Waals surface area contributed by atoms with Crippen molar-refractivity contribution in [2.75, 3.05) is 25.5 Å². The Morgan fingerprint density at radius 1 is 1.18 bits per heavy atom. The molecule has 16 heteroatoms. The summed E-state index contributed by atoms with van der Waals surface area (Å²) in [4.78, 5) is 34.3. The first-order valence-electron chi connectivity index (χ1n) is 11.2. The van der Waals surface area contributed by atoms with Crippen molar-refractivity contribution in [2.24, 2.45) is 0 Å². The minimum Gasteiger partial charge on any atom is -0.406 e. The molecular formula is C23H22BrFN5O8P. The van der Waals surface area contributed by atoms with Gasteiger partial charge in [0.05, 0.1) is 19.5 Å². The van der Waals surface area contributed by atoms with Crippen LogP contribution >= 0.6 is 23.5 Å². The molecule has 2 heterocycles. The van der Waals surface area contributed by atoms with Crippen molar-refractivity contribution in [1.29, 1.82) is 0 Å². The van der Waals surface area contributed by atoms with Gasteiger partial charge in [-0.05, 0) is 42.0 Å². The molecule has 1 atom stereocenters. The molecule has 0 radical (unpaired) electrons. The smallest absolute Gasteiger partial charge is 0.406 e. The zero-order valence-electron chi connectivity index (χ0n) is 20.1. The number of benzene rings is 2. The number of nitrogens with zero attached hydrogens (tertiary/aromatic N) is 3. The van der Waals surface area contributed by atoms with Crippen LogP contribution in [-0.2, 0) is 36.2 Å². The summed E-state index contributed by atoms with van der Waals surface area (Å²) >= 11 is 3.35. The maximum absolute atomic E-state index is 13.4. The van der Waals surface area contributed by atoms with Gasteiger partial charge in [-0.3, -0.25) is 18.9 Å². The molecule has 4 aromatic rings. The van der Waals surface area contributed by atoms with Crippen molar-refractivity contribution in [2.45, 2.75) is 13.2 Å². The van der Waals surface area contributed by atoms with Crippen LogP contribution in [0.1, 0.15) is 5.56 Å². The van der Waals surface area contributed by atoms with Gasteiger partial charge in [-0.25, -0.2) is 14.2 Å². The fourth-order valence-electron chi connectivity index (χ4n) is 3.17. The van der Waals surface area contributed by atoms with Gasteiger partial charge in [-0.15, -0.1) is 0 Å². The predicted octanol–water partition coefficient (Wildman–Crippen LogP) is 4.18. The maximum Gasteiger partial charge on any atom is 0.515 e. The molecule has 0 aliphatic rings. The molecule has 0 fully saturated rings. The van der Waals surface area contributed by atoms with E-state index in [1.807, 2.05) is 6.07 Å². The van der Waals surface area contributed by atoms with Gasteiger partial charge in [-0.2, -0.15) is 4.98 Å². The van der Waals surface area contributed by atoms with Crippen LogP contribution in [0.2, 0.25) is 0 Å². The number of aromatic nitrogens is 4. The lowest BCUT2D eigenvalue weighted by molar-refractivity contribution is 0.0154. The fourth-order valence-corrected chi connectivity index (χ4v) is 4.75. The second-order valence-electron chi connectivity index (χ2n) is 7.81. The highest BCUT2D eigenvalue weighted by Gasteiger charge is 2.27. The molecule has 0 aliphatic carbocycles. The molecule has 2 aromatic heterocycles. The van der Waals surface area contributed by atoms with Gasteiger partial charge < -0.3 is 29.0 Å². The van der Waals surface area contributed by atoms with Crippen molar-refractivity contribution in [1.82, 2.24) is 19.5 Å². The lowest BCUT2D eigenvalue weighted by Crippen LogP contribution is -2.15. The summed E-state index contributed by atoms with van der Waals surface area (Å²) in [6.07, 6.45) is -0.245. The van der Waals surface area contributed by atoms with Crippen LogP contribution in [0.4, 0.5) is 15.1 Å². The Morgan fingerprint density at radius 2 is 1.97 bits per heavy atom. The molecule has 0 spiro atoms. The van der Waals surface area contributed by atoms with Crippen LogP contribution < -0.4 is 16.0 Å². The van der Waals surface area contributed by atoms with E-state index in [2.05, 4.69) is 30.9 Å². The SMILES string of the molecule is Nc1nc2c(ncn2CCOCP(=O)(OCOC(=O)Oc2ccc(F)cc2)OCc2cccc(Br)c2)c(=O)[nH]1. The molecule has 0 saturated carbocycles. The van der Waals surface area contributed by atoms with Crippen molar-refractivity contribution >= 4 is 46.8 Å². The van der Waals surface area contributed by atoms with E-state index < -0.39 is 38.3 Å². The van der Waals surface area contributed by atoms with Crippen LogP contribution in [0.15, 0.2) is 64.1 Å². The van der Waals surface area contributed by atoms with Gasteiger partial charge in [-0.1, -0.05) is 28.1 Å². The minimum atomic E-state index is -3.95. The number of nitrogen functional groups attached to an aromatic ring is 1. The zero-order valence-corrected chi connectivity index (χ0v) is 22.6. The van der Waals surface area contributed by atoms with Gasteiger partial charge in [0.15, 0.2) is 11.2 Å². The number of aromatic amines is 1. The van der Waals surface area contributed by atoms with Crippen LogP contribution in [0.3, 0.4) is 0 Å². The van der Waals surface area contributed by atoms with E-state index in [0.29, 0.717) is 5.56 Å². The average Bonchev–Trinajstić information content (AvgIpc) is 3.30. The quantitative estimate of drug-likeness (QED) is 0.0761. The number of hydrogen-bond acceptors (Lipinski definition) is 11. The Kier molecular flexibility index (Phi) is 9.43. The summed E-state index contributed by atoms with van der Waals surface area (Å²) in [5.74, 6) is -0.520. The van der Waals surface area contributed by atoms with Crippen molar-refractivity contribution in [3.63, 3.8) is 0 Å². The number of nitrogens with one attached hydrogen (secondary N) is 1. The lowest BCUT2D eigenvalue weighted by atomic mass is 10.2. The maximum atomic E-state index is 13.4. The molecule has 3 N–H and O–H groups in total. The number of fused-ring (bicyclic) bond motifs is 1. The van der Waals surface area contributed by atoms with Crippen LogP contribution in [0, 0.1) is 5.82 Å². The monoisotopic (exact) mass is 625 g/mol. The first kappa shape index (κ1) is 28.4. The number of imidazole rings is 1. The number of H-pyrrole nitrogens is 1. The number of ether oxygens (including phenoxy) is 3. The molecule has 0 saturated heterocycles. The normalized spacial score (nSPS) is 12.8. The van der Waals surface area contributed by atoms with E-state index in [1.54, 1.807) is 22.8 Å². The largest absolute Gasteiger partial charge is 0.515 e. The molecular weight excluding hydrogens is 604 g/mol. The molecule has 39 heavy (non-hydrogen) atoms. The van der Waals surface area contributed by atoms with Crippen molar-refractivity contribution in [3.8, 4) is 5.75 Å². The Morgan fingerprint density at radius 3 is 2.74 bits per heavy atom. The van der Waals surface area contributed by atoms with E-state index in [-0.39, 0.29) is 42.6 Å². The molecule has 0 aliphatic heterocycles. The number of rotatable bonds is 12. The lowest BCUT2D eigenvalue weighted by Gasteiger charge is -2.19. The number of carbonyl (C=O) groups is 1. The van der Waals surface area contributed by atoms with Gasteiger partial charge in [0.1, 0.15) is 17.9 Å². The Hall–Kier alpha value is -3.62. The summed E-state index contributed by atoms with van der Waals surface area (Å²) in [7, 11) is -3.95. The van der Waals surface area contributed by atoms with E-state index in [9.17, 15) is 18.5 Å². The number of hydrogen-bond donors (Lipinski definition) is 2. The highest BCUT2D eigenvalue weighted by molar-refractivity contribution is 9.10. The topological polar surface area (TPSA) is 170 Å². The van der Waals surface area contributed by atoms with Crippen LogP contribution in [-0.4, -0.2) is 45.4 Å². The molecule has 206 valence electrons. The second-order valence-corrected chi connectivity index (χ2v) is 10.7. The third kappa shape index (κ3) is 8.18. The minimum absolute atomic E-state index is 0.0148. The van der Waals surface area contributed by atoms with Gasteiger partial charge >= 0.3 is 13.8 Å². The van der Waals surface area contributed by atoms with E-state index in [0.717, 1.165) is 16.6 Å². The third-order valence-electron chi connectivity index (χ3n) is 4.98. The number of halogens is 2. The van der Waals surface area contributed by atoms with Gasteiger partial charge in [0.25, 0.3) is 5.56 Å². The Balaban J connectivity index is 1.34. The first-order chi connectivity index (χ1) is 18.7. The summed E-state index contributed by atoms with van der Waals surface area (Å²) < 4.78 is 54.8. The van der Waals surface area contributed by atoms with Crippen LogP contribution in [0.5, 0.6) is 5.75 Å². The Labute approximate surface area is 228 Å². The van der Waals surface area contributed by atoms with E-state index in [4.69, 9.17) is 29.0 Å². The summed E-state index contributed by atoms with van der Waals surface area (Å²) in [5.41, 5.74) is 6.19. The molecule has 4 rings (SSSR count). The molecule has 2 aromatic carbocycles. The zero-order chi connectivity index (χ0) is 27.8. The Bertz CT molecular complexity index is 1550. The molecule has 13 nitrogen and oxygen atoms in total. The van der Waals surface area contributed by atoms with Crippen molar-refractivity contribution < 1.29 is 37.0 Å². The fraction of sp³-hybridized carbons (Fsp3) is 0.217. The molecule has 1 unspecified atom stereocenters. The standard InChI is InChI=1S/C23H22BrFN5O8P/c24-16-3-1-2-15(10-16)11-36-39(33,37-13-35-23(32)38-18-6-4-17(25)5-7-18)14-34-9-8-30-12-27-19-20(30)28-22(26)29-21(19)31/h1-7,10,12H,8-9,11,13-14H2,(H3,26,28,29,31). The first-order valence-corrected chi connectivity index (χ1v) is 13.7. The third-order valence-corrected chi connectivity index (χ3v) is 6.99. The summed E-state index contributed by atoms with van der Waals surface area (Å²) in [5, 5.41) is 0. The van der Waals surface area contributed by atoms with E-state index in [1.165, 1.54) is 18.5 Å². The summed E-state index contributed by atoms with van der Waals surface area (Å²) in [6.45, 7) is -0.644. The van der Waals surface area contributed by atoms with Crippen molar-refractivity contribution in [3.05, 3.63) is 81.1 Å². The predicted molar refractivity (Wildman–Crippen MR) is 139 cm³/mol. The molecule has 0 amide bonds.